The quantitative estimate of drug-likeness (QED) is 0.496. The third-order valence-electron chi connectivity index (χ3n) is 1.59. The van der Waals surface area contributed by atoms with Crippen LogP contribution < -0.4 is 57.0 Å². The van der Waals surface area contributed by atoms with Gasteiger partial charge in [0.15, 0.2) is 0 Å². The van der Waals surface area contributed by atoms with Gasteiger partial charge >= 0.3 is 64.5 Å². The number of hydrogen-bond acceptors (Lipinski definition) is 1. The summed E-state index contributed by atoms with van der Waals surface area (Å²) in [6, 6.07) is 0. The molecule has 2 nitrogen and oxygen atoms in total. The fourth-order valence-electron chi connectivity index (χ4n) is 1.05. The second-order valence-corrected chi connectivity index (χ2v) is 2.67. The molecule has 0 bridgehead atoms. The van der Waals surface area contributed by atoms with Gasteiger partial charge in [0, 0.05) is 0 Å². The number of aromatic amines is 1. The third-order valence-corrected chi connectivity index (χ3v) is 1.59. The van der Waals surface area contributed by atoms with Gasteiger partial charge in [0.05, 0.1) is 11.3 Å². The average molecular weight is 256 g/mol. The molecule has 10 heteroatoms. The SMILES string of the molecule is Cc1n[nH]c([B-](F)(F)F)c1C(F)(F)F.[K+]. The number of aromatic nitrogens is 2. The molecule has 0 aliphatic heterocycles. The Bertz CT molecular complexity index is 342. The zero-order valence-corrected chi connectivity index (χ0v) is 10.9. The van der Waals surface area contributed by atoms with Crippen LogP contribution in [0.1, 0.15) is 11.3 Å². The van der Waals surface area contributed by atoms with Crippen molar-refractivity contribution in [3.8, 4) is 0 Å². The van der Waals surface area contributed by atoms with Gasteiger partial charge in [0.25, 0.3) is 0 Å². The molecule has 0 unspecified atom stereocenters. The number of alkyl halides is 3. The number of nitrogens with zero attached hydrogens (tertiary/aromatic N) is 1. The van der Waals surface area contributed by atoms with Crippen molar-refractivity contribution in [1.29, 1.82) is 0 Å². The van der Waals surface area contributed by atoms with Crippen molar-refractivity contribution < 1.29 is 77.5 Å². The number of hydrogen-bond donors (Lipinski definition) is 1. The Morgan fingerprint density at radius 3 is 1.93 bits per heavy atom. The molecular weight excluding hydrogens is 252 g/mol. The van der Waals surface area contributed by atoms with Gasteiger partial charge in [-0.3, -0.25) is 0 Å². The zero-order valence-electron chi connectivity index (χ0n) is 7.79. The Hall–Kier alpha value is 0.491. The molecule has 0 saturated carbocycles. The second-order valence-electron chi connectivity index (χ2n) is 2.67. The minimum Gasteiger partial charge on any atom is -0.444 e. The summed E-state index contributed by atoms with van der Waals surface area (Å²) in [4.78, 5) is 0. The molecule has 0 amide bonds. The van der Waals surface area contributed by atoms with E-state index in [1.54, 1.807) is 0 Å². The summed E-state index contributed by atoms with van der Waals surface area (Å²) < 4.78 is 72.6. The molecule has 0 spiro atoms. The average Bonchev–Trinajstić information content (AvgIpc) is 2.27. The van der Waals surface area contributed by atoms with E-state index in [-0.39, 0.29) is 51.4 Å². The van der Waals surface area contributed by atoms with Gasteiger partial charge < -0.3 is 18.0 Å². The first-order valence-corrected chi connectivity index (χ1v) is 3.46. The Morgan fingerprint density at radius 1 is 1.20 bits per heavy atom. The number of H-pyrrole nitrogens is 1. The summed E-state index contributed by atoms with van der Waals surface area (Å²) in [5.41, 5.74) is -4.23. The predicted molar refractivity (Wildman–Crippen MR) is 37.0 cm³/mol. The molecule has 1 rings (SSSR count). The molecule has 80 valence electrons. The minimum atomic E-state index is -5.72. The van der Waals surface area contributed by atoms with Crippen LogP contribution in [0.25, 0.3) is 0 Å². The van der Waals surface area contributed by atoms with Crippen LogP contribution in [0.15, 0.2) is 0 Å². The molecule has 0 aromatic carbocycles. The van der Waals surface area contributed by atoms with Crippen LogP contribution in [0.3, 0.4) is 0 Å². The van der Waals surface area contributed by atoms with Crippen LogP contribution in [0.5, 0.6) is 0 Å². The van der Waals surface area contributed by atoms with E-state index in [0.29, 0.717) is 0 Å². The molecule has 1 N–H and O–H groups in total. The van der Waals surface area contributed by atoms with Crippen LogP contribution in [-0.2, 0) is 6.18 Å². The van der Waals surface area contributed by atoms with Crippen LogP contribution in [0.2, 0.25) is 0 Å². The topological polar surface area (TPSA) is 28.7 Å². The maximum absolute atomic E-state index is 12.1. The van der Waals surface area contributed by atoms with E-state index in [1.165, 1.54) is 5.10 Å². The van der Waals surface area contributed by atoms with Gasteiger partial charge in [0.2, 0.25) is 0 Å². The summed E-state index contributed by atoms with van der Waals surface area (Å²) in [5, 5.41) is 4.25. The minimum absolute atomic E-state index is 0. The first-order valence-electron chi connectivity index (χ1n) is 3.46. The summed E-state index contributed by atoms with van der Waals surface area (Å²) >= 11 is 0. The van der Waals surface area contributed by atoms with Crippen LogP contribution in [-0.4, -0.2) is 17.2 Å². The molecule has 0 radical (unpaired) electrons. The number of rotatable bonds is 1. The number of aryl methyl sites for hydroxylation is 1. The molecule has 0 atom stereocenters. The van der Waals surface area contributed by atoms with Crippen molar-refractivity contribution in [2.45, 2.75) is 13.1 Å². The Labute approximate surface area is 123 Å². The van der Waals surface area contributed by atoms with E-state index >= 15 is 0 Å². The summed E-state index contributed by atoms with van der Waals surface area (Å²) in [5.74, 6) is 0. The van der Waals surface area contributed by atoms with Gasteiger partial charge in [-0.25, -0.2) is 0 Å². The normalized spacial score (nSPS) is 12.5. The molecule has 15 heavy (non-hydrogen) atoms. The Morgan fingerprint density at radius 2 is 1.67 bits per heavy atom. The monoisotopic (exact) mass is 256 g/mol. The van der Waals surface area contributed by atoms with Crippen molar-refractivity contribution in [2.24, 2.45) is 0 Å². The van der Waals surface area contributed by atoms with Gasteiger partial charge in [-0.1, -0.05) is 0 Å². The van der Waals surface area contributed by atoms with Crippen molar-refractivity contribution in [2.75, 3.05) is 0 Å². The summed E-state index contributed by atoms with van der Waals surface area (Å²) in [6.07, 6.45) is -5.04. The van der Waals surface area contributed by atoms with E-state index in [1.807, 2.05) is 0 Å². The standard InChI is InChI=1S/C5H4BF6N2.K/c1-2-3(5(7,8)9)4(14-13-2)6(10,11)12;/h1H3,(H,13,14);/q-1;+1. The summed E-state index contributed by atoms with van der Waals surface area (Å²) in [6.45, 7) is -4.85. The maximum atomic E-state index is 12.1. The van der Waals surface area contributed by atoms with E-state index in [4.69, 9.17) is 0 Å². The molecular formula is C5H4BF6KN2. The third kappa shape index (κ3) is 3.48. The fraction of sp³-hybridized carbons (Fsp3) is 0.400. The molecule has 1 heterocycles. The zero-order chi connectivity index (χ0) is 11.1. The van der Waals surface area contributed by atoms with E-state index in [9.17, 15) is 26.1 Å². The van der Waals surface area contributed by atoms with Crippen molar-refractivity contribution in [3.05, 3.63) is 11.3 Å². The largest absolute Gasteiger partial charge is 1.00 e. The first-order chi connectivity index (χ1) is 6.14. The molecule has 1 aromatic rings. The van der Waals surface area contributed by atoms with Gasteiger partial charge in [0.1, 0.15) is 0 Å². The van der Waals surface area contributed by atoms with Crippen LogP contribution in [0, 0.1) is 6.92 Å². The van der Waals surface area contributed by atoms with E-state index < -0.39 is 30.0 Å². The van der Waals surface area contributed by atoms with Crippen LogP contribution >= 0.6 is 0 Å². The van der Waals surface area contributed by atoms with E-state index in [0.717, 1.165) is 6.92 Å². The fourth-order valence-corrected chi connectivity index (χ4v) is 1.05. The number of halogens is 6. The van der Waals surface area contributed by atoms with Gasteiger partial charge in [-0.2, -0.15) is 18.3 Å². The van der Waals surface area contributed by atoms with Gasteiger partial charge in [-0.15, -0.1) is 0 Å². The maximum Gasteiger partial charge on any atom is 1.00 e. The van der Waals surface area contributed by atoms with Crippen molar-refractivity contribution in [3.63, 3.8) is 0 Å². The molecule has 1 aromatic heterocycles. The number of nitrogens with one attached hydrogen (secondary N) is 1. The Balaban J connectivity index is 0.00000196. The van der Waals surface area contributed by atoms with Crippen molar-refractivity contribution >= 4 is 12.6 Å². The second kappa shape index (κ2) is 4.78. The molecule has 0 saturated heterocycles. The van der Waals surface area contributed by atoms with Crippen molar-refractivity contribution in [1.82, 2.24) is 10.2 Å². The van der Waals surface area contributed by atoms with Crippen LogP contribution in [0.4, 0.5) is 26.1 Å². The molecule has 0 aliphatic rings. The van der Waals surface area contributed by atoms with Gasteiger partial charge in [-0.05, 0) is 12.5 Å². The Kier molecular flexibility index (Phi) is 4.94. The predicted octanol–water partition coefficient (Wildman–Crippen LogP) is -1.20. The smallest absolute Gasteiger partial charge is 0.444 e. The van der Waals surface area contributed by atoms with E-state index in [2.05, 4.69) is 5.10 Å². The molecule has 0 aliphatic carbocycles. The summed E-state index contributed by atoms with van der Waals surface area (Å²) in [7, 11) is 0. The first kappa shape index (κ1) is 15.5. The molecule has 0 fully saturated rings.